The van der Waals surface area contributed by atoms with Gasteiger partial charge in [0.2, 0.25) is 0 Å². The minimum atomic E-state index is -0.499. The normalized spacial score (nSPS) is 14.5. The molecule has 5 rings (SSSR count). The summed E-state index contributed by atoms with van der Waals surface area (Å²) in [5.41, 5.74) is 2.22. The summed E-state index contributed by atoms with van der Waals surface area (Å²) in [5, 5.41) is 1.86. The van der Waals surface area contributed by atoms with Crippen LogP contribution in [0.3, 0.4) is 0 Å². The summed E-state index contributed by atoms with van der Waals surface area (Å²) < 4.78 is 25.8. The first-order chi connectivity index (χ1) is 19.2. The van der Waals surface area contributed by atoms with E-state index >= 15 is 0 Å². The highest BCUT2D eigenvalue weighted by atomic mass is 16.6. The molecule has 10 nitrogen and oxygen atoms in total. The highest BCUT2D eigenvalue weighted by Crippen LogP contribution is 2.36. The largest absolute Gasteiger partial charge is 0.487 e. The van der Waals surface area contributed by atoms with Crippen LogP contribution in [0.1, 0.15) is 39.3 Å². The molecule has 0 aliphatic carbocycles. The standard InChI is InChI=1S/C30H36N4O6/c1-20-14-21-15-24(6-7-26(21)34(20)36-5)39-28-16-22-18-31-19-32-25(22)17-27(28)38-13-12-37-23-8-10-33(11-9-23)29(35)40-30(2,3)4/h6-7,14-19,23H,8-13H2,1-5H3. The molecule has 0 bridgehead atoms. The van der Waals surface area contributed by atoms with Gasteiger partial charge in [0.15, 0.2) is 11.5 Å². The third kappa shape index (κ3) is 6.39. The van der Waals surface area contributed by atoms with E-state index < -0.39 is 5.60 Å². The number of fused-ring (bicyclic) bond motifs is 2. The molecule has 10 heteroatoms. The number of ether oxygens (including phenoxy) is 4. The van der Waals surface area contributed by atoms with E-state index in [0.29, 0.717) is 43.6 Å². The fourth-order valence-electron chi connectivity index (χ4n) is 4.82. The molecule has 0 unspecified atom stereocenters. The first kappa shape index (κ1) is 27.5. The summed E-state index contributed by atoms with van der Waals surface area (Å²) in [6, 6.07) is 11.6. The summed E-state index contributed by atoms with van der Waals surface area (Å²) in [5.74, 6) is 1.81. The van der Waals surface area contributed by atoms with Crippen molar-refractivity contribution in [1.29, 1.82) is 0 Å². The Morgan fingerprint density at radius 1 is 1.02 bits per heavy atom. The van der Waals surface area contributed by atoms with Gasteiger partial charge in [0.25, 0.3) is 0 Å². The first-order valence-electron chi connectivity index (χ1n) is 13.5. The fourth-order valence-corrected chi connectivity index (χ4v) is 4.82. The first-order valence-corrected chi connectivity index (χ1v) is 13.5. The Labute approximate surface area is 233 Å². The van der Waals surface area contributed by atoms with Gasteiger partial charge >= 0.3 is 6.09 Å². The van der Waals surface area contributed by atoms with Gasteiger partial charge in [-0.3, -0.25) is 0 Å². The monoisotopic (exact) mass is 548 g/mol. The van der Waals surface area contributed by atoms with E-state index in [9.17, 15) is 4.79 Å². The van der Waals surface area contributed by atoms with E-state index in [-0.39, 0.29) is 12.2 Å². The Morgan fingerprint density at radius 3 is 2.58 bits per heavy atom. The van der Waals surface area contributed by atoms with Crippen LogP contribution in [0.15, 0.2) is 48.9 Å². The van der Waals surface area contributed by atoms with Crippen molar-refractivity contribution in [3.63, 3.8) is 0 Å². The predicted octanol–water partition coefficient (Wildman–Crippen LogP) is 5.54. The minimum Gasteiger partial charge on any atom is -0.487 e. The Morgan fingerprint density at radius 2 is 1.82 bits per heavy atom. The third-order valence-electron chi connectivity index (χ3n) is 6.67. The number of benzene rings is 2. The lowest BCUT2D eigenvalue weighted by molar-refractivity contribution is -0.0177. The van der Waals surface area contributed by atoms with Gasteiger partial charge in [-0.25, -0.2) is 14.8 Å². The van der Waals surface area contributed by atoms with Gasteiger partial charge < -0.3 is 28.7 Å². The maximum Gasteiger partial charge on any atom is 0.410 e. The van der Waals surface area contributed by atoms with Crippen LogP contribution in [-0.2, 0) is 9.47 Å². The number of carbonyl (C=O) groups is 1. The molecule has 4 aromatic rings. The van der Waals surface area contributed by atoms with Crippen molar-refractivity contribution >= 4 is 27.9 Å². The van der Waals surface area contributed by atoms with E-state index in [1.54, 1.807) is 22.9 Å². The smallest absolute Gasteiger partial charge is 0.410 e. The number of hydrogen-bond donors (Lipinski definition) is 0. The zero-order valence-corrected chi connectivity index (χ0v) is 23.7. The maximum absolute atomic E-state index is 12.3. The summed E-state index contributed by atoms with van der Waals surface area (Å²) in [6.45, 7) is 9.59. The van der Waals surface area contributed by atoms with E-state index in [0.717, 1.165) is 40.3 Å². The molecule has 40 heavy (non-hydrogen) atoms. The third-order valence-corrected chi connectivity index (χ3v) is 6.67. The Kier molecular flexibility index (Phi) is 7.97. The quantitative estimate of drug-likeness (QED) is 0.265. The lowest BCUT2D eigenvalue weighted by Gasteiger charge is -2.33. The average Bonchev–Trinajstić information content (AvgIpc) is 3.24. The number of aryl methyl sites for hydroxylation is 1. The molecule has 1 saturated heterocycles. The number of nitrogens with zero attached hydrogens (tertiary/aromatic N) is 4. The molecule has 3 heterocycles. The van der Waals surface area contributed by atoms with Gasteiger partial charge in [0.05, 0.1) is 29.4 Å². The number of likely N-dealkylation sites (tertiary alicyclic amines) is 1. The van der Waals surface area contributed by atoms with Crippen LogP contribution >= 0.6 is 0 Å². The molecule has 1 aliphatic heterocycles. The zero-order chi connectivity index (χ0) is 28.3. The number of aromatic nitrogens is 3. The highest BCUT2D eigenvalue weighted by molar-refractivity contribution is 5.84. The molecule has 1 fully saturated rings. The van der Waals surface area contributed by atoms with Crippen LogP contribution in [-0.4, -0.2) is 70.8 Å². The predicted molar refractivity (Wildman–Crippen MR) is 151 cm³/mol. The fraction of sp³-hybridized carbons (Fsp3) is 0.433. The van der Waals surface area contributed by atoms with Crippen molar-refractivity contribution in [2.75, 3.05) is 33.4 Å². The Bertz CT molecular complexity index is 1490. The molecule has 1 amide bonds. The molecular weight excluding hydrogens is 512 g/mol. The molecule has 0 spiro atoms. The highest BCUT2D eigenvalue weighted by Gasteiger charge is 2.27. The van der Waals surface area contributed by atoms with Gasteiger partial charge in [-0.2, -0.15) is 4.73 Å². The summed E-state index contributed by atoms with van der Waals surface area (Å²) >= 11 is 0. The summed E-state index contributed by atoms with van der Waals surface area (Å²) in [7, 11) is 1.65. The molecule has 2 aromatic heterocycles. The Hall–Kier alpha value is -4.05. The lowest BCUT2D eigenvalue weighted by atomic mass is 10.1. The van der Waals surface area contributed by atoms with Crippen LogP contribution in [0.4, 0.5) is 4.79 Å². The van der Waals surface area contributed by atoms with E-state index in [4.69, 9.17) is 23.8 Å². The van der Waals surface area contributed by atoms with Crippen molar-refractivity contribution in [3.8, 4) is 17.2 Å². The van der Waals surface area contributed by atoms with Crippen LogP contribution in [0, 0.1) is 6.92 Å². The molecule has 0 atom stereocenters. The van der Waals surface area contributed by atoms with E-state index in [1.165, 1.54) is 6.33 Å². The van der Waals surface area contributed by atoms with Gasteiger partial charge in [-0.05, 0) is 70.9 Å². The van der Waals surface area contributed by atoms with Crippen LogP contribution < -0.4 is 14.3 Å². The van der Waals surface area contributed by atoms with Crippen LogP contribution in [0.5, 0.6) is 17.2 Å². The van der Waals surface area contributed by atoms with Gasteiger partial charge in [-0.1, -0.05) is 0 Å². The number of piperidine rings is 1. The maximum atomic E-state index is 12.3. The van der Waals surface area contributed by atoms with Crippen LogP contribution in [0.25, 0.3) is 21.8 Å². The number of rotatable bonds is 8. The molecule has 1 aliphatic rings. The van der Waals surface area contributed by atoms with Crippen molar-refractivity contribution in [3.05, 3.63) is 54.6 Å². The second-order valence-electron chi connectivity index (χ2n) is 10.9. The number of carbonyl (C=O) groups excluding carboxylic acids is 1. The number of amides is 1. The number of hydrogen-bond acceptors (Lipinski definition) is 8. The zero-order valence-electron chi connectivity index (χ0n) is 23.7. The Balaban J connectivity index is 1.21. The SMILES string of the molecule is COn1c(C)cc2cc(Oc3cc4cncnc4cc3OCCOC3CCN(C(=O)OC(C)(C)C)CC3)ccc21. The molecule has 0 N–H and O–H groups in total. The van der Waals surface area contributed by atoms with E-state index in [2.05, 4.69) is 9.97 Å². The lowest BCUT2D eigenvalue weighted by Crippen LogP contribution is -2.43. The molecular formula is C30H36N4O6. The molecule has 212 valence electrons. The summed E-state index contributed by atoms with van der Waals surface area (Å²) in [4.78, 5) is 28.0. The van der Waals surface area contributed by atoms with Crippen molar-refractivity contribution in [2.45, 2.75) is 52.2 Å². The molecule has 2 aromatic carbocycles. The molecule has 0 saturated carbocycles. The van der Waals surface area contributed by atoms with Crippen LogP contribution in [0.2, 0.25) is 0 Å². The second kappa shape index (κ2) is 11.6. The van der Waals surface area contributed by atoms with Crippen molar-refractivity contribution in [1.82, 2.24) is 19.6 Å². The summed E-state index contributed by atoms with van der Waals surface area (Å²) in [6.07, 6.45) is 4.57. The average molecular weight is 549 g/mol. The minimum absolute atomic E-state index is 0.0666. The van der Waals surface area contributed by atoms with Gasteiger partial charge in [0.1, 0.15) is 31.4 Å². The second-order valence-corrected chi connectivity index (χ2v) is 10.9. The van der Waals surface area contributed by atoms with E-state index in [1.807, 2.05) is 64.1 Å². The molecule has 0 radical (unpaired) electrons. The van der Waals surface area contributed by atoms with Gasteiger partial charge in [0, 0.05) is 36.1 Å². The van der Waals surface area contributed by atoms with Crippen molar-refractivity contribution in [2.24, 2.45) is 0 Å². The van der Waals surface area contributed by atoms with Gasteiger partial charge in [-0.15, -0.1) is 0 Å². The topological polar surface area (TPSA) is 97.2 Å². The van der Waals surface area contributed by atoms with Crippen molar-refractivity contribution < 1.29 is 28.6 Å².